The van der Waals surface area contributed by atoms with Crippen LogP contribution in [0.4, 0.5) is 0 Å². The van der Waals surface area contributed by atoms with Crippen LogP contribution in [0.15, 0.2) is 34.5 Å². The molecule has 0 radical (unpaired) electrons. The van der Waals surface area contributed by atoms with Crippen molar-refractivity contribution in [1.29, 1.82) is 0 Å². The average Bonchev–Trinajstić information content (AvgIpc) is 2.82. The van der Waals surface area contributed by atoms with Crippen molar-refractivity contribution in [2.75, 3.05) is 5.75 Å². The van der Waals surface area contributed by atoms with Crippen molar-refractivity contribution < 1.29 is 0 Å². The number of benzene rings is 1. The summed E-state index contributed by atoms with van der Waals surface area (Å²) >= 11 is 9.89. The molecule has 2 heterocycles. The standard InChI is InChI=1S/C15H16ClNS2/c1-10-4-6-19-15(10)9-17-13-5-7-18-14-3-2-11(16)8-12(13)14/h2-4,6,8,13,17H,5,7,9H2,1H3. The molecule has 1 nitrogen and oxygen atoms in total. The fourth-order valence-electron chi connectivity index (χ4n) is 2.38. The number of fused-ring (bicyclic) bond motifs is 1. The molecule has 1 aliphatic heterocycles. The number of thiophene rings is 1. The van der Waals surface area contributed by atoms with Crippen LogP contribution in [0.5, 0.6) is 0 Å². The first-order valence-electron chi connectivity index (χ1n) is 6.42. The molecule has 1 aromatic carbocycles. The fraction of sp³-hybridized carbons (Fsp3) is 0.333. The summed E-state index contributed by atoms with van der Waals surface area (Å²) in [7, 11) is 0. The Hall–Kier alpha value is -0.480. The first-order valence-corrected chi connectivity index (χ1v) is 8.67. The molecule has 1 aromatic heterocycles. The van der Waals surface area contributed by atoms with Crippen molar-refractivity contribution in [2.24, 2.45) is 0 Å². The highest BCUT2D eigenvalue weighted by Crippen LogP contribution is 2.37. The molecule has 0 bridgehead atoms. The average molecular weight is 310 g/mol. The first-order chi connectivity index (χ1) is 9.24. The Labute approximate surface area is 127 Å². The Morgan fingerprint density at radius 1 is 1.37 bits per heavy atom. The molecule has 1 N–H and O–H groups in total. The van der Waals surface area contributed by atoms with Gasteiger partial charge in [0.2, 0.25) is 0 Å². The number of rotatable bonds is 3. The molecule has 0 saturated carbocycles. The lowest BCUT2D eigenvalue weighted by atomic mass is 10.0. The Kier molecular flexibility index (Phi) is 4.18. The molecule has 4 heteroatoms. The minimum atomic E-state index is 0.427. The number of halogens is 1. The Balaban J connectivity index is 1.76. The van der Waals surface area contributed by atoms with Gasteiger partial charge < -0.3 is 5.32 Å². The lowest BCUT2D eigenvalue weighted by Gasteiger charge is -2.26. The van der Waals surface area contributed by atoms with Crippen LogP contribution in [0.2, 0.25) is 5.02 Å². The molecular weight excluding hydrogens is 294 g/mol. The maximum atomic E-state index is 6.13. The zero-order valence-electron chi connectivity index (χ0n) is 10.8. The van der Waals surface area contributed by atoms with Gasteiger partial charge in [0.1, 0.15) is 0 Å². The zero-order chi connectivity index (χ0) is 13.2. The number of nitrogens with one attached hydrogen (secondary N) is 1. The number of hydrogen-bond donors (Lipinski definition) is 1. The van der Waals surface area contributed by atoms with E-state index < -0.39 is 0 Å². The van der Waals surface area contributed by atoms with Gasteiger partial charge in [0.05, 0.1) is 0 Å². The summed E-state index contributed by atoms with van der Waals surface area (Å²) in [6.07, 6.45) is 1.17. The third-order valence-electron chi connectivity index (χ3n) is 3.49. The van der Waals surface area contributed by atoms with Crippen molar-refractivity contribution in [1.82, 2.24) is 5.32 Å². The summed E-state index contributed by atoms with van der Waals surface area (Å²) in [5.41, 5.74) is 2.74. The van der Waals surface area contributed by atoms with Gasteiger partial charge in [-0.15, -0.1) is 23.1 Å². The van der Waals surface area contributed by atoms with Crippen LogP contribution >= 0.6 is 34.7 Å². The highest BCUT2D eigenvalue weighted by molar-refractivity contribution is 7.99. The van der Waals surface area contributed by atoms with E-state index in [0.29, 0.717) is 6.04 Å². The van der Waals surface area contributed by atoms with E-state index in [1.54, 1.807) is 0 Å². The van der Waals surface area contributed by atoms with Gasteiger partial charge in [-0.2, -0.15) is 0 Å². The van der Waals surface area contributed by atoms with Crippen molar-refractivity contribution in [3.63, 3.8) is 0 Å². The van der Waals surface area contributed by atoms with Crippen LogP contribution in [0, 0.1) is 6.92 Å². The second-order valence-corrected chi connectivity index (χ2v) is 7.35. The van der Waals surface area contributed by atoms with Crippen molar-refractivity contribution in [3.8, 4) is 0 Å². The molecule has 3 rings (SSSR count). The Morgan fingerprint density at radius 3 is 3.05 bits per heavy atom. The fourth-order valence-corrected chi connectivity index (χ4v) is 4.52. The number of hydrogen-bond acceptors (Lipinski definition) is 3. The molecular formula is C15H16ClNS2. The predicted molar refractivity (Wildman–Crippen MR) is 85.4 cm³/mol. The minimum absolute atomic E-state index is 0.427. The minimum Gasteiger partial charge on any atom is -0.305 e. The SMILES string of the molecule is Cc1ccsc1CNC1CCSc2ccc(Cl)cc21. The van der Waals surface area contributed by atoms with E-state index in [9.17, 15) is 0 Å². The van der Waals surface area contributed by atoms with Crippen molar-refractivity contribution >= 4 is 34.7 Å². The van der Waals surface area contributed by atoms with Gasteiger partial charge >= 0.3 is 0 Å². The normalized spacial score (nSPS) is 18.3. The highest BCUT2D eigenvalue weighted by atomic mass is 35.5. The molecule has 2 aromatic rings. The first kappa shape index (κ1) is 13.5. The van der Waals surface area contributed by atoms with Gasteiger partial charge in [0.25, 0.3) is 0 Å². The number of aryl methyl sites for hydroxylation is 1. The van der Waals surface area contributed by atoms with Gasteiger partial charge in [-0.3, -0.25) is 0 Å². The smallest absolute Gasteiger partial charge is 0.0410 e. The van der Waals surface area contributed by atoms with Crippen LogP contribution in [0.25, 0.3) is 0 Å². The number of thioether (sulfide) groups is 1. The van der Waals surface area contributed by atoms with Crippen LogP contribution in [-0.2, 0) is 6.54 Å². The van der Waals surface area contributed by atoms with E-state index in [1.807, 2.05) is 29.2 Å². The summed E-state index contributed by atoms with van der Waals surface area (Å²) in [6, 6.07) is 8.85. The summed E-state index contributed by atoms with van der Waals surface area (Å²) < 4.78 is 0. The summed E-state index contributed by atoms with van der Waals surface area (Å²) in [4.78, 5) is 2.80. The third kappa shape index (κ3) is 3.00. The molecule has 1 atom stereocenters. The monoisotopic (exact) mass is 309 g/mol. The van der Waals surface area contributed by atoms with E-state index in [0.717, 1.165) is 11.6 Å². The molecule has 0 spiro atoms. The molecule has 0 saturated heterocycles. The van der Waals surface area contributed by atoms with E-state index in [-0.39, 0.29) is 0 Å². The second kappa shape index (κ2) is 5.88. The van der Waals surface area contributed by atoms with E-state index in [4.69, 9.17) is 11.6 Å². The molecule has 1 unspecified atom stereocenters. The molecule has 0 fully saturated rings. The van der Waals surface area contributed by atoms with Crippen LogP contribution < -0.4 is 5.32 Å². The third-order valence-corrected chi connectivity index (χ3v) is 5.87. The Bertz CT molecular complexity index is 579. The van der Waals surface area contributed by atoms with E-state index >= 15 is 0 Å². The van der Waals surface area contributed by atoms with Crippen LogP contribution in [0.3, 0.4) is 0 Å². The molecule has 0 amide bonds. The molecule has 100 valence electrons. The van der Waals surface area contributed by atoms with Gasteiger partial charge in [-0.1, -0.05) is 11.6 Å². The maximum absolute atomic E-state index is 6.13. The van der Waals surface area contributed by atoms with E-state index in [2.05, 4.69) is 35.8 Å². The molecule has 0 aliphatic carbocycles. The lowest BCUT2D eigenvalue weighted by Crippen LogP contribution is -2.24. The topological polar surface area (TPSA) is 12.0 Å². The van der Waals surface area contributed by atoms with Crippen molar-refractivity contribution in [3.05, 3.63) is 50.7 Å². The lowest BCUT2D eigenvalue weighted by molar-refractivity contribution is 0.512. The largest absolute Gasteiger partial charge is 0.305 e. The summed E-state index contributed by atoms with van der Waals surface area (Å²) in [6.45, 7) is 3.12. The quantitative estimate of drug-likeness (QED) is 0.852. The van der Waals surface area contributed by atoms with Gasteiger partial charge in [-0.05, 0) is 59.9 Å². The van der Waals surface area contributed by atoms with Crippen LogP contribution in [0.1, 0.15) is 28.5 Å². The molecule has 19 heavy (non-hydrogen) atoms. The van der Waals surface area contributed by atoms with Gasteiger partial charge in [0.15, 0.2) is 0 Å². The maximum Gasteiger partial charge on any atom is 0.0410 e. The second-order valence-electron chi connectivity index (χ2n) is 4.78. The van der Waals surface area contributed by atoms with Crippen molar-refractivity contribution in [2.45, 2.75) is 30.8 Å². The van der Waals surface area contributed by atoms with E-state index in [1.165, 1.54) is 33.1 Å². The zero-order valence-corrected chi connectivity index (χ0v) is 13.2. The predicted octanol–water partition coefficient (Wildman–Crippen LogP) is 5.04. The Morgan fingerprint density at radius 2 is 2.26 bits per heavy atom. The summed E-state index contributed by atoms with van der Waals surface area (Å²) in [5, 5.41) is 6.68. The highest BCUT2D eigenvalue weighted by Gasteiger charge is 2.20. The molecule has 1 aliphatic rings. The summed E-state index contributed by atoms with van der Waals surface area (Å²) in [5.74, 6) is 1.18. The van der Waals surface area contributed by atoms with Gasteiger partial charge in [-0.25, -0.2) is 0 Å². The van der Waals surface area contributed by atoms with Crippen LogP contribution in [-0.4, -0.2) is 5.75 Å². The van der Waals surface area contributed by atoms with Gasteiger partial charge in [0, 0.05) is 27.4 Å².